The molecule has 0 spiro atoms. The van der Waals surface area contributed by atoms with E-state index in [2.05, 4.69) is 20.2 Å². The largest absolute Gasteiger partial charge is 0.477 e. The van der Waals surface area contributed by atoms with E-state index in [-0.39, 0.29) is 4.88 Å². The molecule has 3 heterocycles. The Bertz CT molecular complexity index is 835. The smallest absolute Gasteiger partial charge is 0.346 e. The number of halogens is 1. The molecule has 0 amide bonds. The van der Waals surface area contributed by atoms with Crippen LogP contribution in [0.15, 0.2) is 28.5 Å². The third-order valence-electron chi connectivity index (χ3n) is 2.70. The van der Waals surface area contributed by atoms with Crippen LogP contribution in [0, 0.1) is 6.92 Å². The van der Waals surface area contributed by atoms with Crippen molar-refractivity contribution in [1.82, 2.24) is 20.2 Å². The van der Waals surface area contributed by atoms with Gasteiger partial charge in [0.2, 0.25) is 0 Å². The molecule has 3 aromatic rings. The molecule has 0 atom stereocenters. The van der Waals surface area contributed by atoms with Gasteiger partial charge in [0.05, 0.1) is 0 Å². The van der Waals surface area contributed by atoms with Gasteiger partial charge in [-0.15, -0.1) is 21.5 Å². The summed E-state index contributed by atoms with van der Waals surface area (Å²) in [5.74, 6) is -0.960. The van der Waals surface area contributed by atoms with Crippen molar-refractivity contribution in [3.63, 3.8) is 0 Å². The zero-order chi connectivity index (χ0) is 15.0. The number of aromatic nitrogens is 4. The van der Waals surface area contributed by atoms with E-state index < -0.39 is 5.97 Å². The number of rotatable bonds is 3. The van der Waals surface area contributed by atoms with E-state index >= 15 is 0 Å². The fourth-order valence-electron chi connectivity index (χ4n) is 1.78. The maximum absolute atomic E-state index is 11.2. The molecule has 6 nitrogen and oxygen atoms in total. The molecular weight excluding hydrogens is 332 g/mol. The number of carboxylic acid groups (broad SMARTS) is 1. The Balaban J connectivity index is 2.10. The van der Waals surface area contributed by atoms with Crippen molar-refractivity contribution >= 4 is 50.9 Å². The number of carbonyl (C=O) groups is 1. The first-order valence-corrected chi connectivity index (χ1v) is 7.72. The second kappa shape index (κ2) is 5.55. The van der Waals surface area contributed by atoms with E-state index in [1.807, 2.05) is 0 Å². The van der Waals surface area contributed by atoms with Crippen LogP contribution in [-0.2, 0) is 0 Å². The number of aryl methyl sites for hydroxylation is 1. The maximum atomic E-state index is 11.2. The van der Waals surface area contributed by atoms with Gasteiger partial charge in [0.25, 0.3) is 0 Å². The molecule has 0 unspecified atom stereocenters. The molecule has 0 aliphatic heterocycles. The summed E-state index contributed by atoms with van der Waals surface area (Å²) in [4.78, 5) is 20.5. The van der Waals surface area contributed by atoms with E-state index in [9.17, 15) is 9.90 Å². The average molecular weight is 339 g/mol. The predicted molar refractivity (Wildman–Crippen MR) is 80.3 cm³/mol. The van der Waals surface area contributed by atoms with Crippen molar-refractivity contribution in [2.75, 3.05) is 0 Å². The summed E-state index contributed by atoms with van der Waals surface area (Å²) in [6.07, 6.45) is 1.41. The van der Waals surface area contributed by atoms with Gasteiger partial charge >= 0.3 is 5.97 Å². The van der Waals surface area contributed by atoms with E-state index in [4.69, 9.17) is 11.6 Å². The minimum absolute atomic E-state index is 0.273. The minimum Gasteiger partial charge on any atom is -0.477 e. The molecular formula is C12H7ClN4O2S2. The van der Waals surface area contributed by atoms with Crippen molar-refractivity contribution in [1.29, 1.82) is 0 Å². The summed E-state index contributed by atoms with van der Waals surface area (Å²) in [6, 6.07) is 3.37. The van der Waals surface area contributed by atoms with Gasteiger partial charge in [-0.1, -0.05) is 11.6 Å². The molecule has 0 fully saturated rings. The number of fused-ring (bicyclic) bond motifs is 1. The molecule has 0 aliphatic carbocycles. The number of carboxylic acids is 1. The second-order valence-electron chi connectivity index (χ2n) is 4.02. The zero-order valence-corrected chi connectivity index (χ0v) is 13.0. The molecule has 3 rings (SSSR count). The van der Waals surface area contributed by atoms with Gasteiger partial charge in [0.15, 0.2) is 5.15 Å². The van der Waals surface area contributed by atoms with Crippen LogP contribution >= 0.6 is 34.7 Å². The Morgan fingerprint density at radius 3 is 2.81 bits per heavy atom. The highest BCUT2D eigenvalue weighted by Gasteiger charge is 2.19. The molecule has 0 aromatic carbocycles. The Kier molecular flexibility index (Phi) is 3.75. The van der Waals surface area contributed by atoms with Gasteiger partial charge in [-0.2, -0.15) is 0 Å². The van der Waals surface area contributed by atoms with Crippen LogP contribution in [0.1, 0.15) is 15.2 Å². The molecule has 106 valence electrons. The summed E-state index contributed by atoms with van der Waals surface area (Å²) >= 11 is 8.13. The molecule has 1 N–H and O–H groups in total. The number of nitrogens with zero attached hydrogens (tertiary/aromatic N) is 4. The van der Waals surface area contributed by atoms with E-state index in [1.165, 1.54) is 18.1 Å². The molecule has 0 bridgehead atoms. The summed E-state index contributed by atoms with van der Waals surface area (Å²) < 4.78 is 0. The quantitative estimate of drug-likeness (QED) is 0.733. The molecule has 9 heteroatoms. The first kappa shape index (κ1) is 14.2. The molecule has 0 saturated carbocycles. The summed E-state index contributed by atoms with van der Waals surface area (Å²) in [7, 11) is 0. The summed E-state index contributed by atoms with van der Waals surface area (Å²) in [5.41, 5.74) is 0.660. The normalized spacial score (nSPS) is 11.0. The maximum Gasteiger partial charge on any atom is 0.346 e. The lowest BCUT2D eigenvalue weighted by atomic mass is 10.2. The van der Waals surface area contributed by atoms with Crippen molar-refractivity contribution in [2.45, 2.75) is 17.0 Å². The second-order valence-corrected chi connectivity index (χ2v) is 6.41. The first-order valence-electron chi connectivity index (χ1n) is 5.70. The Morgan fingerprint density at radius 1 is 1.33 bits per heavy atom. The average Bonchev–Trinajstić information content (AvgIpc) is 2.80. The van der Waals surface area contributed by atoms with Crippen LogP contribution < -0.4 is 0 Å². The molecule has 0 radical (unpaired) electrons. The highest BCUT2D eigenvalue weighted by Crippen LogP contribution is 2.37. The fraction of sp³-hybridized carbons (Fsp3) is 0.0833. The van der Waals surface area contributed by atoms with Gasteiger partial charge in [-0.25, -0.2) is 14.8 Å². The van der Waals surface area contributed by atoms with Crippen molar-refractivity contribution in [3.8, 4) is 0 Å². The van der Waals surface area contributed by atoms with Gasteiger partial charge in [-0.3, -0.25) is 0 Å². The Labute approximate surface area is 132 Å². The lowest BCUT2D eigenvalue weighted by molar-refractivity contribution is 0.0701. The van der Waals surface area contributed by atoms with Gasteiger partial charge in [0, 0.05) is 5.39 Å². The first-order chi connectivity index (χ1) is 10.1. The fourth-order valence-corrected chi connectivity index (χ4v) is 3.80. The van der Waals surface area contributed by atoms with Crippen LogP contribution in [0.2, 0.25) is 5.15 Å². The van der Waals surface area contributed by atoms with E-state index in [1.54, 1.807) is 19.1 Å². The highest BCUT2D eigenvalue weighted by molar-refractivity contribution is 7.99. The zero-order valence-electron chi connectivity index (χ0n) is 10.6. The monoisotopic (exact) mass is 338 g/mol. The van der Waals surface area contributed by atoms with Crippen molar-refractivity contribution in [2.24, 2.45) is 0 Å². The van der Waals surface area contributed by atoms with Crippen LogP contribution in [0.5, 0.6) is 0 Å². The molecule has 0 saturated heterocycles. The van der Waals surface area contributed by atoms with Gasteiger partial charge in [0.1, 0.15) is 26.1 Å². The van der Waals surface area contributed by atoms with Crippen LogP contribution in [0.4, 0.5) is 0 Å². The van der Waals surface area contributed by atoms with Crippen LogP contribution in [-0.4, -0.2) is 31.2 Å². The van der Waals surface area contributed by atoms with Gasteiger partial charge in [-0.05, 0) is 36.4 Å². The van der Waals surface area contributed by atoms with Crippen LogP contribution in [0.3, 0.4) is 0 Å². The third kappa shape index (κ3) is 2.69. The minimum atomic E-state index is -0.960. The lowest BCUT2D eigenvalue weighted by Crippen LogP contribution is -1.94. The number of hydrogen-bond acceptors (Lipinski definition) is 7. The summed E-state index contributed by atoms with van der Waals surface area (Å²) in [5, 5.41) is 19.3. The Hall–Kier alpha value is -1.77. The number of thiophene rings is 1. The van der Waals surface area contributed by atoms with Crippen molar-refractivity contribution in [3.05, 3.63) is 34.1 Å². The Morgan fingerprint density at radius 2 is 2.14 bits per heavy atom. The van der Waals surface area contributed by atoms with Gasteiger partial charge < -0.3 is 5.11 Å². The highest BCUT2D eigenvalue weighted by atomic mass is 35.5. The summed E-state index contributed by atoms with van der Waals surface area (Å²) in [6.45, 7) is 1.75. The van der Waals surface area contributed by atoms with Crippen molar-refractivity contribution < 1.29 is 9.90 Å². The van der Waals surface area contributed by atoms with E-state index in [0.29, 0.717) is 25.6 Å². The SMILES string of the molecule is Cc1c(C(=O)O)sc2ncnc(Sc3ccc(Cl)nn3)c12. The third-order valence-corrected chi connectivity index (χ3v) is 5.01. The number of aromatic carboxylic acids is 1. The standard InChI is InChI=1S/C12H7ClN4O2S2/c1-5-8-10(20-7-3-2-6(13)16-17-7)14-4-15-11(8)21-9(5)12(18)19/h2-4H,1H3,(H,18,19). The molecule has 3 aromatic heterocycles. The predicted octanol–water partition coefficient (Wildman–Crippen LogP) is 3.29. The van der Waals surface area contributed by atoms with E-state index in [0.717, 1.165) is 16.7 Å². The lowest BCUT2D eigenvalue weighted by Gasteiger charge is -2.02. The molecule has 21 heavy (non-hydrogen) atoms. The molecule has 0 aliphatic rings. The van der Waals surface area contributed by atoms with Crippen LogP contribution in [0.25, 0.3) is 10.2 Å². The topological polar surface area (TPSA) is 88.9 Å². The number of hydrogen-bond donors (Lipinski definition) is 1.